The maximum atomic E-state index is 11.5. The zero-order valence-corrected chi connectivity index (χ0v) is 15.5. The molecular weight excluding hydrogens is 402 g/mol. The quantitative estimate of drug-likeness (QED) is 0.520. The van der Waals surface area contributed by atoms with E-state index < -0.39 is 0 Å². The molecule has 126 valence electrons. The van der Waals surface area contributed by atoms with Crippen molar-refractivity contribution in [1.29, 1.82) is 0 Å². The van der Waals surface area contributed by atoms with Crippen LogP contribution in [0.4, 0.5) is 5.95 Å². The molecule has 4 aromatic rings. The number of fused-ring (bicyclic) bond motifs is 1. The van der Waals surface area contributed by atoms with E-state index in [2.05, 4.69) is 54.4 Å². The lowest BCUT2D eigenvalue weighted by molar-refractivity contribution is 0.697. The molecule has 0 amide bonds. The summed E-state index contributed by atoms with van der Waals surface area (Å²) in [6.07, 6.45) is 5.09. The van der Waals surface area contributed by atoms with Crippen LogP contribution in [-0.4, -0.2) is 26.1 Å². The molecule has 3 aromatic heterocycles. The first-order valence-electron chi connectivity index (χ1n) is 7.70. The molecule has 0 radical (unpaired) electrons. The highest BCUT2D eigenvalue weighted by atomic mass is 79.9. The van der Waals surface area contributed by atoms with E-state index in [4.69, 9.17) is 0 Å². The van der Waals surface area contributed by atoms with E-state index in [9.17, 15) is 4.79 Å². The second-order valence-corrected chi connectivity index (χ2v) is 7.36. The second-order valence-electron chi connectivity index (χ2n) is 5.42. The molecule has 8 heteroatoms. The molecule has 0 bridgehead atoms. The Morgan fingerprint density at radius 2 is 2.20 bits per heavy atom. The molecule has 0 saturated carbocycles. The third-order valence-electron chi connectivity index (χ3n) is 3.76. The van der Waals surface area contributed by atoms with Crippen molar-refractivity contribution in [2.75, 3.05) is 11.9 Å². The zero-order valence-electron chi connectivity index (χ0n) is 13.1. The van der Waals surface area contributed by atoms with Gasteiger partial charge in [-0.05, 0) is 33.4 Å². The Bertz CT molecular complexity index is 1050. The molecule has 0 spiro atoms. The molecule has 6 nitrogen and oxygen atoms in total. The minimum absolute atomic E-state index is 0.121. The number of rotatable bonds is 5. The van der Waals surface area contributed by atoms with Crippen molar-refractivity contribution in [1.82, 2.24) is 19.5 Å². The first-order chi connectivity index (χ1) is 12.2. The van der Waals surface area contributed by atoms with Crippen LogP contribution in [0.1, 0.15) is 0 Å². The number of thiophene rings is 1. The highest BCUT2D eigenvalue weighted by molar-refractivity contribution is 9.10. The minimum Gasteiger partial charge on any atom is -0.352 e. The normalized spacial score (nSPS) is 11.1. The molecule has 0 unspecified atom stereocenters. The van der Waals surface area contributed by atoms with Crippen molar-refractivity contribution in [3.05, 3.63) is 63.9 Å². The number of hydrogen-bond donors (Lipinski definition) is 2. The maximum absolute atomic E-state index is 11.5. The number of hydrogen-bond acceptors (Lipinski definition) is 5. The van der Waals surface area contributed by atoms with Crippen LogP contribution in [0.2, 0.25) is 0 Å². The topological polar surface area (TPSA) is 75.6 Å². The lowest BCUT2D eigenvalue weighted by Crippen LogP contribution is -2.21. The Balaban J connectivity index is 1.56. The largest absolute Gasteiger partial charge is 0.352 e. The van der Waals surface area contributed by atoms with Gasteiger partial charge in [0.15, 0.2) is 0 Å². The monoisotopic (exact) mass is 415 g/mol. The van der Waals surface area contributed by atoms with E-state index in [1.165, 1.54) is 10.1 Å². The number of anilines is 1. The fourth-order valence-electron chi connectivity index (χ4n) is 2.54. The predicted molar refractivity (Wildman–Crippen MR) is 104 cm³/mol. The average molecular weight is 416 g/mol. The van der Waals surface area contributed by atoms with Crippen molar-refractivity contribution in [2.45, 2.75) is 6.54 Å². The van der Waals surface area contributed by atoms with Gasteiger partial charge in [-0.1, -0.05) is 18.2 Å². The Hall–Kier alpha value is -2.45. The van der Waals surface area contributed by atoms with Gasteiger partial charge in [-0.15, -0.1) is 11.3 Å². The van der Waals surface area contributed by atoms with Crippen LogP contribution in [0.15, 0.2) is 58.2 Å². The Morgan fingerprint density at radius 1 is 1.32 bits per heavy atom. The van der Waals surface area contributed by atoms with Gasteiger partial charge in [0, 0.05) is 36.4 Å². The van der Waals surface area contributed by atoms with Crippen LogP contribution < -0.4 is 11.0 Å². The Morgan fingerprint density at radius 3 is 3.00 bits per heavy atom. The van der Waals surface area contributed by atoms with Crippen LogP contribution >= 0.6 is 27.3 Å². The summed E-state index contributed by atoms with van der Waals surface area (Å²) in [5.74, 6) is 0.541. The number of aromatic amines is 1. The van der Waals surface area contributed by atoms with Gasteiger partial charge < -0.3 is 10.3 Å². The molecule has 0 fully saturated rings. The van der Waals surface area contributed by atoms with Gasteiger partial charge in [-0.25, -0.2) is 14.8 Å². The van der Waals surface area contributed by atoms with Gasteiger partial charge in [0.1, 0.15) is 5.69 Å². The first-order valence-corrected chi connectivity index (χ1v) is 9.31. The summed E-state index contributed by atoms with van der Waals surface area (Å²) in [7, 11) is 0. The number of imidazole rings is 1. The molecule has 1 aromatic carbocycles. The SMILES string of the molecule is O=c1[nH]ccn1CCNc1ncc(Br)c(-c2cc3ccccc3s2)n1. The molecule has 0 aliphatic carbocycles. The number of nitrogens with zero attached hydrogens (tertiary/aromatic N) is 3. The number of halogens is 1. The summed E-state index contributed by atoms with van der Waals surface area (Å²) in [5.41, 5.74) is 0.738. The van der Waals surface area contributed by atoms with Crippen LogP contribution in [-0.2, 0) is 6.54 Å². The van der Waals surface area contributed by atoms with Gasteiger partial charge in [-0.2, -0.15) is 0 Å². The number of benzene rings is 1. The smallest absolute Gasteiger partial charge is 0.325 e. The Kier molecular flexibility index (Phi) is 4.37. The summed E-state index contributed by atoms with van der Waals surface area (Å²) in [5, 5.41) is 4.37. The number of aromatic nitrogens is 4. The standard InChI is InChI=1S/C17H14BrN5OS/c18-12-10-21-16(19-5-7-23-8-6-20-17(23)24)22-15(12)14-9-11-3-1-2-4-13(11)25-14/h1-4,6,8-10H,5,7H2,(H,20,24)(H,19,21,22). The summed E-state index contributed by atoms with van der Waals surface area (Å²) < 4.78 is 3.68. The van der Waals surface area contributed by atoms with Crippen LogP contribution in [0.3, 0.4) is 0 Å². The highest BCUT2D eigenvalue weighted by Gasteiger charge is 2.11. The highest BCUT2D eigenvalue weighted by Crippen LogP contribution is 2.36. The van der Waals surface area contributed by atoms with Crippen molar-refractivity contribution in [3.63, 3.8) is 0 Å². The van der Waals surface area contributed by atoms with E-state index in [-0.39, 0.29) is 5.69 Å². The fourth-order valence-corrected chi connectivity index (χ4v) is 4.14. The van der Waals surface area contributed by atoms with Crippen molar-refractivity contribution in [3.8, 4) is 10.6 Å². The van der Waals surface area contributed by atoms with Crippen molar-refractivity contribution >= 4 is 43.3 Å². The molecule has 2 N–H and O–H groups in total. The number of nitrogens with one attached hydrogen (secondary N) is 2. The summed E-state index contributed by atoms with van der Waals surface area (Å²) >= 11 is 5.24. The van der Waals surface area contributed by atoms with Crippen LogP contribution in [0, 0.1) is 0 Å². The van der Waals surface area contributed by atoms with Gasteiger partial charge in [0.2, 0.25) is 5.95 Å². The van der Waals surface area contributed by atoms with E-state index in [0.717, 1.165) is 15.0 Å². The van der Waals surface area contributed by atoms with Crippen molar-refractivity contribution < 1.29 is 0 Å². The average Bonchev–Trinajstić information content (AvgIpc) is 3.22. The zero-order chi connectivity index (χ0) is 17.2. The molecule has 0 aliphatic rings. The summed E-state index contributed by atoms with van der Waals surface area (Å²) in [6.45, 7) is 1.10. The molecular formula is C17H14BrN5OS. The minimum atomic E-state index is -0.121. The van der Waals surface area contributed by atoms with Gasteiger partial charge in [-0.3, -0.25) is 4.57 Å². The molecule has 4 rings (SSSR count). The molecule has 0 aliphatic heterocycles. The third kappa shape index (κ3) is 3.35. The van der Waals surface area contributed by atoms with E-state index in [1.54, 1.807) is 34.5 Å². The third-order valence-corrected chi connectivity index (χ3v) is 5.46. The van der Waals surface area contributed by atoms with Gasteiger partial charge in [0.05, 0.1) is 9.35 Å². The molecule has 25 heavy (non-hydrogen) atoms. The lowest BCUT2D eigenvalue weighted by atomic mass is 10.2. The van der Waals surface area contributed by atoms with E-state index in [1.807, 2.05) is 12.1 Å². The maximum Gasteiger partial charge on any atom is 0.325 e. The lowest BCUT2D eigenvalue weighted by Gasteiger charge is -2.07. The van der Waals surface area contributed by atoms with Gasteiger partial charge in [0.25, 0.3) is 0 Å². The number of H-pyrrole nitrogens is 1. The summed E-state index contributed by atoms with van der Waals surface area (Å²) in [6, 6.07) is 10.4. The van der Waals surface area contributed by atoms with Crippen LogP contribution in [0.25, 0.3) is 20.7 Å². The Labute approximate surface area is 155 Å². The molecule has 3 heterocycles. The molecule has 0 saturated heterocycles. The van der Waals surface area contributed by atoms with Gasteiger partial charge >= 0.3 is 5.69 Å². The van der Waals surface area contributed by atoms with E-state index >= 15 is 0 Å². The molecule has 0 atom stereocenters. The van der Waals surface area contributed by atoms with E-state index in [0.29, 0.717) is 19.0 Å². The van der Waals surface area contributed by atoms with Crippen LogP contribution in [0.5, 0.6) is 0 Å². The summed E-state index contributed by atoms with van der Waals surface area (Å²) in [4.78, 5) is 24.1. The second kappa shape index (κ2) is 6.81. The predicted octanol–water partition coefficient (Wildman–Crippen LogP) is 3.72. The fraction of sp³-hybridized carbons (Fsp3) is 0.118. The first kappa shape index (κ1) is 16.0. The van der Waals surface area contributed by atoms with Crippen molar-refractivity contribution in [2.24, 2.45) is 0 Å².